The van der Waals surface area contributed by atoms with Crippen molar-refractivity contribution in [3.8, 4) is 0 Å². The number of anilines is 3. The van der Waals surface area contributed by atoms with Crippen molar-refractivity contribution in [1.29, 1.82) is 0 Å². The number of carbonyl (C=O) groups is 1. The Morgan fingerprint density at radius 1 is 1.19 bits per heavy atom. The van der Waals surface area contributed by atoms with Crippen LogP contribution in [0.5, 0.6) is 0 Å². The Labute approximate surface area is 189 Å². The summed E-state index contributed by atoms with van der Waals surface area (Å²) in [5.41, 5.74) is 7.06. The summed E-state index contributed by atoms with van der Waals surface area (Å²) in [4.78, 5) is 17.7. The van der Waals surface area contributed by atoms with E-state index in [1.807, 2.05) is 0 Å². The van der Waals surface area contributed by atoms with E-state index >= 15 is 0 Å². The van der Waals surface area contributed by atoms with Crippen molar-refractivity contribution in [2.24, 2.45) is 0 Å². The van der Waals surface area contributed by atoms with Gasteiger partial charge in [0.15, 0.2) is 0 Å². The molecule has 1 atom stereocenters. The minimum atomic E-state index is -0.956. The second-order valence-electron chi connectivity index (χ2n) is 8.22. The predicted molar refractivity (Wildman–Crippen MR) is 129 cm³/mol. The minimum Gasteiger partial charge on any atom is -0.478 e. The Hall–Kier alpha value is -3.38. The van der Waals surface area contributed by atoms with Gasteiger partial charge in [-0.2, -0.15) is 0 Å². The number of carboxylic acids is 1. The number of hydrogen-bond donors (Lipinski definition) is 3. The van der Waals surface area contributed by atoms with Gasteiger partial charge in [0.25, 0.3) is 0 Å². The second-order valence-corrected chi connectivity index (χ2v) is 8.22. The quantitative estimate of drug-likeness (QED) is 0.477. The Morgan fingerprint density at radius 2 is 1.97 bits per heavy atom. The standard InChI is InChI=1S/C26H30N4O2/c1-3-4-18-5-7-20(8-6-18)30(2)21-9-10-22-19(15-21)11-14-28-25(22)17-29-24-16-27-13-12-23(24)26(31)32/h5-10,12-13,15-16,25,28-29H,3-4,11,14,17H2,1-2H3,(H,31,32)/t25-/m0/s1. The molecule has 0 aliphatic carbocycles. The lowest BCUT2D eigenvalue weighted by Gasteiger charge is -2.29. The molecule has 0 saturated heterocycles. The van der Waals surface area contributed by atoms with Gasteiger partial charge in [-0.3, -0.25) is 4.98 Å². The molecule has 3 N–H and O–H groups in total. The summed E-state index contributed by atoms with van der Waals surface area (Å²) in [5, 5.41) is 16.2. The lowest BCUT2D eigenvalue weighted by Crippen LogP contribution is -2.34. The van der Waals surface area contributed by atoms with Crippen molar-refractivity contribution in [2.45, 2.75) is 32.2 Å². The second kappa shape index (κ2) is 9.83. The Morgan fingerprint density at radius 3 is 2.72 bits per heavy atom. The molecule has 0 bridgehead atoms. The lowest BCUT2D eigenvalue weighted by atomic mass is 9.93. The van der Waals surface area contributed by atoms with Gasteiger partial charge in [-0.1, -0.05) is 31.5 Å². The van der Waals surface area contributed by atoms with Crippen LogP contribution in [0.2, 0.25) is 0 Å². The van der Waals surface area contributed by atoms with Gasteiger partial charge in [-0.25, -0.2) is 4.79 Å². The molecule has 0 amide bonds. The smallest absolute Gasteiger partial charge is 0.337 e. The number of pyridine rings is 1. The lowest BCUT2D eigenvalue weighted by molar-refractivity contribution is 0.0697. The van der Waals surface area contributed by atoms with Crippen LogP contribution in [0.4, 0.5) is 17.1 Å². The number of aromatic carboxylic acids is 1. The van der Waals surface area contributed by atoms with Crippen LogP contribution < -0.4 is 15.5 Å². The van der Waals surface area contributed by atoms with Crippen molar-refractivity contribution in [1.82, 2.24) is 10.3 Å². The van der Waals surface area contributed by atoms with Crippen LogP contribution in [0.3, 0.4) is 0 Å². The maximum atomic E-state index is 11.5. The van der Waals surface area contributed by atoms with Gasteiger partial charge < -0.3 is 20.6 Å². The van der Waals surface area contributed by atoms with E-state index in [-0.39, 0.29) is 11.6 Å². The number of hydrogen-bond acceptors (Lipinski definition) is 5. The zero-order chi connectivity index (χ0) is 22.5. The van der Waals surface area contributed by atoms with E-state index in [1.54, 1.807) is 6.20 Å². The monoisotopic (exact) mass is 430 g/mol. The average Bonchev–Trinajstić information content (AvgIpc) is 2.82. The van der Waals surface area contributed by atoms with Crippen LogP contribution in [-0.4, -0.2) is 36.2 Å². The van der Waals surface area contributed by atoms with E-state index in [9.17, 15) is 9.90 Å². The highest BCUT2D eigenvalue weighted by Crippen LogP contribution is 2.31. The van der Waals surface area contributed by atoms with Crippen LogP contribution >= 0.6 is 0 Å². The number of carboxylic acid groups (broad SMARTS) is 1. The number of aryl methyl sites for hydroxylation is 1. The van der Waals surface area contributed by atoms with Crippen molar-refractivity contribution < 1.29 is 9.90 Å². The predicted octanol–water partition coefficient (Wildman–Crippen LogP) is 4.80. The summed E-state index contributed by atoms with van der Waals surface area (Å²) in [6.07, 6.45) is 6.30. The number of nitrogens with one attached hydrogen (secondary N) is 2. The normalized spacial score (nSPS) is 15.1. The first kappa shape index (κ1) is 21.8. The van der Waals surface area contributed by atoms with Crippen molar-refractivity contribution >= 4 is 23.0 Å². The van der Waals surface area contributed by atoms with Gasteiger partial charge in [-0.05, 0) is 66.4 Å². The van der Waals surface area contributed by atoms with Gasteiger partial charge >= 0.3 is 5.97 Å². The third kappa shape index (κ3) is 4.75. The van der Waals surface area contributed by atoms with Crippen molar-refractivity contribution in [3.63, 3.8) is 0 Å². The van der Waals surface area contributed by atoms with E-state index < -0.39 is 5.97 Å². The van der Waals surface area contributed by atoms with Crippen molar-refractivity contribution in [3.05, 3.63) is 83.2 Å². The maximum absolute atomic E-state index is 11.5. The first-order valence-corrected chi connectivity index (χ1v) is 11.2. The highest BCUT2D eigenvalue weighted by Gasteiger charge is 2.21. The Balaban J connectivity index is 1.49. The molecule has 0 radical (unpaired) electrons. The Bertz CT molecular complexity index is 1080. The third-order valence-corrected chi connectivity index (χ3v) is 6.08. The number of rotatable bonds is 8. The number of nitrogens with zero attached hydrogens (tertiary/aromatic N) is 2. The van der Waals surface area contributed by atoms with Gasteiger partial charge in [0.05, 0.1) is 17.4 Å². The summed E-state index contributed by atoms with van der Waals surface area (Å²) in [6.45, 7) is 3.68. The van der Waals surface area contributed by atoms with E-state index in [1.165, 1.54) is 40.3 Å². The minimum absolute atomic E-state index is 0.105. The fraction of sp³-hybridized carbons (Fsp3) is 0.308. The van der Waals surface area contributed by atoms with Crippen molar-refractivity contribution in [2.75, 3.05) is 30.4 Å². The fourth-order valence-corrected chi connectivity index (χ4v) is 4.29. The molecule has 3 aromatic rings. The zero-order valence-electron chi connectivity index (χ0n) is 18.6. The molecule has 0 spiro atoms. The highest BCUT2D eigenvalue weighted by molar-refractivity contribution is 5.93. The highest BCUT2D eigenvalue weighted by atomic mass is 16.4. The molecule has 1 aliphatic rings. The Kier molecular flexibility index (Phi) is 6.71. The first-order valence-electron chi connectivity index (χ1n) is 11.2. The van der Waals surface area contributed by atoms with E-state index in [0.717, 1.165) is 25.8 Å². The van der Waals surface area contributed by atoms with Gasteiger partial charge in [0.1, 0.15) is 0 Å². The molecule has 0 fully saturated rings. The number of benzene rings is 2. The summed E-state index contributed by atoms with van der Waals surface area (Å²) in [6, 6.07) is 17.0. The maximum Gasteiger partial charge on any atom is 0.337 e. The molecule has 2 heterocycles. The summed E-state index contributed by atoms with van der Waals surface area (Å²) < 4.78 is 0. The third-order valence-electron chi connectivity index (χ3n) is 6.08. The molecule has 6 heteroatoms. The van der Waals surface area contributed by atoms with Crippen LogP contribution in [0.15, 0.2) is 60.9 Å². The largest absolute Gasteiger partial charge is 0.478 e. The molecule has 6 nitrogen and oxygen atoms in total. The summed E-state index contributed by atoms with van der Waals surface area (Å²) >= 11 is 0. The first-order chi connectivity index (χ1) is 15.6. The number of aromatic nitrogens is 1. The molecular weight excluding hydrogens is 400 g/mol. The molecule has 1 aromatic heterocycles. The summed E-state index contributed by atoms with van der Waals surface area (Å²) in [5.74, 6) is -0.956. The molecule has 4 rings (SSSR count). The zero-order valence-corrected chi connectivity index (χ0v) is 18.6. The van der Waals surface area contributed by atoms with Crippen LogP contribution in [0.1, 0.15) is 46.4 Å². The molecule has 32 heavy (non-hydrogen) atoms. The topological polar surface area (TPSA) is 77.5 Å². The van der Waals surface area contributed by atoms with E-state index in [0.29, 0.717) is 12.2 Å². The van der Waals surface area contributed by atoms with Crippen LogP contribution in [-0.2, 0) is 12.8 Å². The molecule has 2 aromatic carbocycles. The van der Waals surface area contributed by atoms with Gasteiger partial charge in [-0.15, -0.1) is 0 Å². The van der Waals surface area contributed by atoms with Crippen LogP contribution in [0.25, 0.3) is 0 Å². The molecule has 166 valence electrons. The summed E-state index contributed by atoms with van der Waals surface area (Å²) in [7, 11) is 2.10. The van der Waals surface area contributed by atoms with Crippen LogP contribution in [0, 0.1) is 0 Å². The molecule has 0 unspecified atom stereocenters. The average molecular weight is 431 g/mol. The fourth-order valence-electron chi connectivity index (χ4n) is 4.29. The molecule has 1 aliphatic heterocycles. The number of fused-ring (bicyclic) bond motifs is 1. The molecule has 0 saturated carbocycles. The molecular formula is C26H30N4O2. The van der Waals surface area contributed by atoms with Gasteiger partial charge in [0, 0.05) is 37.2 Å². The van der Waals surface area contributed by atoms with Gasteiger partial charge in [0.2, 0.25) is 0 Å². The SMILES string of the molecule is CCCc1ccc(N(C)c2ccc3c(c2)CCN[C@H]3CNc2cnccc2C(=O)O)cc1. The van der Waals surface area contributed by atoms with E-state index in [4.69, 9.17) is 0 Å². The van der Waals surface area contributed by atoms with E-state index in [2.05, 4.69) is 77.0 Å².